The second kappa shape index (κ2) is 4.48. The van der Waals surface area contributed by atoms with Gasteiger partial charge in [0.15, 0.2) is 0 Å². The Balaban J connectivity index is 2.69. The maximum absolute atomic E-state index is 11.1. The van der Waals surface area contributed by atoms with Gasteiger partial charge in [-0.3, -0.25) is 15.2 Å². The van der Waals surface area contributed by atoms with E-state index in [9.17, 15) is 10.1 Å². The molecule has 0 aliphatic carbocycles. The Morgan fingerprint density at radius 2 is 2.22 bits per heavy atom. The number of nitrogens with zero attached hydrogens (tertiary/aromatic N) is 2. The van der Waals surface area contributed by atoms with Crippen LogP contribution in [0.3, 0.4) is 0 Å². The van der Waals surface area contributed by atoms with Crippen molar-refractivity contribution in [2.24, 2.45) is 0 Å². The molecule has 0 bridgehead atoms. The number of nitro groups is 1. The smallest absolute Gasteiger partial charge is 0.278 e. The minimum Gasteiger partial charge on any atom is -0.382 e. The number of anilines is 1. The molecule has 0 unspecified atom stereocenters. The minimum atomic E-state index is -0.398. The maximum Gasteiger partial charge on any atom is 0.278 e. The molecule has 2 aromatic rings. The first-order valence-corrected chi connectivity index (χ1v) is 5.62. The van der Waals surface area contributed by atoms with Gasteiger partial charge in [-0.2, -0.15) is 5.10 Å². The van der Waals surface area contributed by atoms with Gasteiger partial charge in [-0.05, 0) is 25.0 Å². The number of nitrogens with one attached hydrogen (secondary N) is 1. The highest BCUT2D eigenvalue weighted by molar-refractivity contribution is 5.76. The third-order valence-electron chi connectivity index (χ3n) is 2.87. The van der Waals surface area contributed by atoms with E-state index in [1.54, 1.807) is 12.1 Å². The van der Waals surface area contributed by atoms with Gasteiger partial charge in [0, 0.05) is 11.6 Å². The van der Waals surface area contributed by atoms with Crippen molar-refractivity contribution in [3.63, 3.8) is 0 Å². The molecule has 0 fully saturated rings. The van der Waals surface area contributed by atoms with Crippen molar-refractivity contribution in [1.82, 2.24) is 10.2 Å². The highest BCUT2D eigenvalue weighted by Crippen LogP contribution is 2.33. The summed E-state index contributed by atoms with van der Waals surface area (Å²) in [6.07, 6.45) is 0.669. The molecule has 18 heavy (non-hydrogen) atoms. The van der Waals surface area contributed by atoms with Crippen LogP contribution in [0.1, 0.15) is 18.1 Å². The van der Waals surface area contributed by atoms with Gasteiger partial charge in [0.1, 0.15) is 5.82 Å². The predicted molar refractivity (Wildman–Crippen MR) is 69.2 cm³/mol. The first kappa shape index (κ1) is 12.1. The summed E-state index contributed by atoms with van der Waals surface area (Å²) in [5.41, 5.74) is 8.71. The van der Waals surface area contributed by atoms with Gasteiger partial charge in [0.25, 0.3) is 5.69 Å². The number of aromatic amines is 1. The van der Waals surface area contributed by atoms with Gasteiger partial charge in [-0.1, -0.05) is 13.0 Å². The Labute approximate surface area is 104 Å². The van der Waals surface area contributed by atoms with E-state index in [1.165, 1.54) is 6.07 Å². The van der Waals surface area contributed by atoms with Gasteiger partial charge in [-0.15, -0.1) is 0 Å². The molecule has 0 amide bonds. The number of aryl methyl sites for hydroxylation is 1. The zero-order valence-corrected chi connectivity index (χ0v) is 10.2. The quantitative estimate of drug-likeness (QED) is 0.641. The lowest BCUT2D eigenvalue weighted by atomic mass is 10.0. The fourth-order valence-electron chi connectivity index (χ4n) is 1.97. The third kappa shape index (κ3) is 1.92. The number of rotatable bonds is 3. The largest absolute Gasteiger partial charge is 0.382 e. The molecule has 1 heterocycles. The molecule has 0 radical (unpaired) electrons. The molecular formula is C12H14N4O2. The highest BCUT2D eigenvalue weighted by Gasteiger charge is 2.20. The van der Waals surface area contributed by atoms with Crippen LogP contribution < -0.4 is 5.73 Å². The molecule has 0 aliphatic rings. The van der Waals surface area contributed by atoms with E-state index in [0.29, 0.717) is 23.5 Å². The van der Waals surface area contributed by atoms with Crippen LogP contribution in [0.2, 0.25) is 0 Å². The van der Waals surface area contributed by atoms with Crippen LogP contribution in [0.4, 0.5) is 11.5 Å². The molecule has 6 nitrogen and oxygen atoms in total. The lowest BCUT2D eigenvalue weighted by Crippen LogP contribution is -1.95. The normalized spacial score (nSPS) is 10.6. The molecular weight excluding hydrogens is 232 g/mol. The van der Waals surface area contributed by atoms with Crippen LogP contribution in [0, 0.1) is 17.0 Å². The number of H-pyrrole nitrogens is 1. The molecule has 94 valence electrons. The third-order valence-corrected chi connectivity index (χ3v) is 2.87. The van der Waals surface area contributed by atoms with Gasteiger partial charge in [0.2, 0.25) is 0 Å². The van der Waals surface area contributed by atoms with E-state index in [1.807, 2.05) is 13.8 Å². The number of nitro benzene ring substituents is 1. The average Bonchev–Trinajstić information content (AvgIpc) is 2.69. The molecule has 1 aromatic heterocycles. The monoisotopic (exact) mass is 246 g/mol. The van der Waals surface area contributed by atoms with Crippen LogP contribution >= 0.6 is 0 Å². The fraction of sp³-hybridized carbons (Fsp3) is 0.250. The minimum absolute atomic E-state index is 0.0546. The Morgan fingerprint density at radius 3 is 2.83 bits per heavy atom. The molecule has 0 saturated carbocycles. The Morgan fingerprint density at radius 1 is 1.50 bits per heavy atom. The molecule has 0 saturated heterocycles. The number of nitrogens with two attached hydrogens (primary N) is 1. The fourth-order valence-corrected chi connectivity index (χ4v) is 1.97. The van der Waals surface area contributed by atoms with Crippen molar-refractivity contribution in [1.29, 1.82) is 0 Å². The molecule has 0 aliphatic heterocycles. The second-order valence-electron chi connectivity index (χ2n) is 4.09. The Kier molecular flexibility index (Phi) is 3.01. The van der Waals surface area contributed by atoms with Crippen LogP contribution in [-0.4, -0.2) is 15.1 Å². The second-order valence-corrected chi connectivity index (χ2v) is 4.09. The highest BCUT2D eigenvalue weighted by atomic mass is 16.6. The summed E-state index contributed by atoms with van der Waals surface area (Å²) < 4.78 is 0. The summed E-state index contributed by atoms with van der Waals surface area (Å²) >= 11 is 0. The summed E-state index contributed by atoms with van der Waals surface area (Å²) in [5, 5.41) is 17.8. The van der Waals surface area contributed by atoms with Gasteiger partial charge < -0.3 is 5.73 Å². The first-order chi connectivity index (χ1) is 8.54. The van der Waals surface area contributed by atoms with Crippen LogP contribution in [0.5, 0.6) is 0 Å². The zero-order valence-electron chi connectivity index (χ0n) is 10.2. The first-order valence-electron chi connectivity index (χ1n) is 5.62. The summed E-state index contributed by atoms with van der Waals surface area (Å²) in [4.78, 5) is 10.7. The van der Waals surface area contributed by atoms with E-state index in [-0.39, 0.29) is 5.69 Å². The number of nitrogen functional groups attached to an aromatic ring is 1. The Hall–Kier alpha value is -2.37. The van der Waals surface area contributed by atoms with Crippen molar-refractivity contribution in [2.45, 2.75) is 20.3 Å². The SMILES string of the molecule is CCc1c(N)n[nH]c1-c1cc(C)ccc1[N+](=O)[O-]. The zero-order chi connectivity index (χ0) is 13.3. The number of hydrogen-bond donors (Lipinski definition) is 2. The number of benzene rings is 1. The molecule has 3 N–H and O–H groups in total. The van der Waals surface area contributed by atoms with Crippen molar-refractivity contribution < 1.29 is 4.92 Å². The van der Waals surface area contributed by atoms with E-state index in [0.717, 1.165) is 11.1 Å². The topological polar surface area (TPSA) is 97.8 Å². The van der Waals surface area contributed by atoms with Crippen LogP contribution in [0.15, 0.2) is 18.2 Å². The molecule has 0 atom stereocenters. The molecule has 6 heteroatoms. The summed E-state index contributed by atoms with van der Waals surface area (Å²) in [5.74, 6) is 0.392. The summed E-state index contributed by atoms with van der Waals surface area (Å²) in [6.45, 7) is 3.82. The standard InChI is InChI=1S/C12H14N4O2/c1-3-8-11(14-15-12(8)13)9-6-7(2)4-5-10(9)16(17)18/h4-6H,3H2,1-2H3,(H3,13,14,15). The molecule has 1 aromatic carbocycles. The predicted octanol–water partition coefficient (Wildman–Crippen LogP) is 2.44. The van der Waals surface area contributed by atoms with Crippen molar-refractivity contribution >= 4 is 11.5 Å². The molecule has 2 rings (SSSR count). The van der Waals surface area contributed by atoms with E-state index >= 15 is 0 Å². The van der Waals surface area contributed by atoms with Gasteiger partial charge >= 0.3 is 0 Å². The van der Waals surface area contributed by atoms with E-state index in [2.05, 4.69) is 10.2 Å². The number of aromatic nitrogens is 2. The maximum atomic E-state index is 11.1. The van der Waals surface area contributed by atoms with Crippen molar-refractivity contribution in [3.05, 3.63) is 39.4 Å². The van der Waals surface area contributed by atoms with Crippen molar-refractivity contribution in [3.8, 4) is 11.3 Å². The number of hydrogen-bond acceptors (Lipinski definition) is 4. The van der Waals surface area contributed by atoms with Crippen LogP contribution in [0.25, 0.3) is 11.3 Å². The van der Waals surface area contributed by atoms with E-state index < -0.39 is 4.92 Å². The average molecular weight is 246 g/mol. The summed E-state index contributed by atoms with van der Waals surface area (Å²) in [7, 11) is 0. The lowest BCUT2D eigenvalue weighted by molar-refractivity contribution is -0.384. The van der Waals surface area contributed by atoms with E-state index in [4.69, 9.17) is 5.73 Å². The summed E-state index contributed by atoms with van der Waals surface area (Å²) in [6, 6.07) is 4.98. The van der Waals surface area contributed by atoms with Crippen molar-refractivity contribution in [2.75, 3.05) is 5.73 Å². The Bertz CT molecular complexity index is 604. The molecule has 0 spiro atoms. The lowest BCUT2D eigenvalue weighted by Gasteiger charge is -2.04. The van der Waals surface area contributed by atoms with Gasteiger partial charge in [0.05, 0.1) is 16.2 Å². The van der Waals surface area contributed by atoms with Gasteiger partial charge in [-0.25, -0.2) is 0 Å². The van der Waals surface area contributed by atoms with Crippen LogP contribution in [-0.2, 0) is 6.42 Å².